The van der Waals surface area contributed by atoms with Crippen LogP contribution in [0.15, 0.2) is 18.2 Å². The minimum atomic E-state index is 0.0289. The van der Waals surface area contributed by atoms with Crippen LogP contribution in [0.25, 0.3) is 0 Å². The Bertz CT molecular complexity index is 471. The SMILES string of the molecule is NCCN(C(=O)c1ccc2c(c1)OCO2)C1CC1. The van der Waals surface area contributed by atoms with E-state index < -0.39 is 0 Å². The maximum Gasteiger partial charge on any atom is 0.254 e. The molecule has 0 aromatic heterocycles. The second-order valence-corrected chi connectivity index (χ2v) is 4.59. The molecule has 0 spiro atoms. The van der Waals surface area contributed by atoms with Gasteiger partial charge in [0.05, 0.1) is 0 Å². The molecule has 1 fully saturated rings. The Morgan fingerprint density at radius 1 is 1.33 bits per heavy atom. The highest BCUT2D eigenvalue weighted by molar-refractivity contribution is 5.95. The Morgan fingerprint density at radius 2 is 2.11 bits per heavy atom. The van der Waals surface area contributed by atoms with Gasteiger partial charge < -0.3 is 20.1 Å². The van der Waals surface area contributed by atoms with Gasteiger partial charge in [-0.1, -0.05) is 0 Å². The zero-order chi connectivity index (χ0) is 12.5. The molecule has 1 aliphatic heterocycles. The fraction of sp³-hybridized carbons (Fsp3) is 0.462. The lowest BCUT2D eigenvalue weighted by Gasteiger charge is -2.21. The lowest BCUT2D eigenvalue weighted by atomic mass is 10.1. The summed E-state index contributed by atoms with van der Waals surface area (Å²) in [4.78, 5) is 14.2. The fourth-order valence-electron chi connectivity index (χ4n) is 2.17. The number of nitrogens with zero attached hydrogens (tertiary/aromatic N) is 1. The van der Waals surface area contributed by atoms with E-state index in [1.807, 2.05) is 4.90 Å². The van der Waals surface area contributed by atoms with Crippen molar-refractivity contribution in [1.29, 1.82) is 0 Å². The zero-order valence-electron chi connectivity index (χ0n) is 10.1. The van der Waals surface area contributed by atoms with E-state index in [9.17, 15) is 4.79 Å². The molecule has 18 heavy (non-hydrogen) atoms. The van der Waals surface area contributed by atoms with Crippen molar-refractivity contribution in [2.24, 2.45) is 5.73 Å². The van der Waals surface area contributed by atoms with E-state index in [1.165, 1.54) is 0 Å². The number of carbonyl (C=O) groups is 1. The Balaban J connectivity index is 1.82. The Morgan fingerprint density at radius 3 is 2.83 bits per heavy atom. The van der Waals surface area contributed by atoms with Crippen LogP contribution in [0.3, 0.4) is 0 Å². The normalized spacial score (nSPS) is 16.7. The number of hydrogen-bond donors (Lipinski definition) is 1. The van der Waals surface area contributed by atoms with E-state index in [2.05, 4.69) is 0 Å². The molecule has 1 aromatic rings. The van der Waals surface area contributed by atoms with Crippen LogP contribution < -0.4 is 15.2 Å². The molecule has 1 aromatic carbocycles. The first kappa shape index (κ1) is 11.3. The molecular formula is C13H16N2O3. The van der Waals surface area contributed by atoms with Crippen molar-refractivity contribution in [3.8, 4) is 11.5 Å². The predicted molar refractivity (Wildman–Crippen MR) is 65.7 cm³/mol. The number of rotatable bonds is 4. The van der Waals surface area contributed by atoms with Gasteiger partial charge in [-0.2, -0.15) is 0 Å². The molecule has 5 heteroatoms. The number of carbonyl (C=O) groups excluding carboxylic acids is 1. The van der Waals surface area contributed by atoms with E-state index in [-0.39, 0.29) is 12.7 Å². The first-order chi connectivity index (χ1) is 8.79. The molecule has 0 atom stereocenters. The molecule has 1 aliphatic carbocycles. The molecule has 1 heterocycles. The van der Waals surface area contributed by atoms with Crippen LogP contribution >= 0.6 is 0 Å². The lowest BCUT2D eigenvalue weighted by molar-refractivity contribution is 0.0747. The van der Waals surface area contributed by atoms with Crippen LogP contribution in [0.2, 0.25) is 0 Å². The summed E-state index contributed by atoms with van der Waals surface area (Å²) in [7, 11) is 0. The standard InChI is InChI=1S/C13H16N2O3/c14-5-6-15(10-2-3-10)13(16)9-1-4-11-12(7-9)18-8-17-11/h1,4,7,10H,2-3,5-6,8,14H2. The van der Waals surface area contributed by atoms with Gasteiger partial charge in [0.1, 0.15) is 0 Å². The number of ether oxygens (including phenoxy) is 2. The van der Waals surface area contributed by atoms with Gasteiger partial charge in [0.15, 0.2) is 11.5 Å². The topological polar surface area (TPSA) is 64.8 Å². The van der Waals surface area contributed by atoms with E-state index in [0.717, 1.165) is 12.8 Å². The van der Waals surface area contributed by atoms with Gasteiger partial charge in [-0.15, -0.1) is 0 Å². The third-order valence-corrected chi connectivity index (χ3v) is 3.24. The number of amides is 1. The van der Waals surface area contributed by atoms with Gasteiger partial charge in [-0.05, 0) is 31.0 Å². The first-order valence-corrected chi connectivity index (χ1v) is 6.20. The zero-order valence-corrected chi connectivity index (χ0v) is 10.1. The van der Waals surface area contributed by atoms with Crippen molar-refractivity contribution in [2.45, 2.75) is 18.9 Å². The molecule has 2 aliphatic rings. The first-order valence-electron chi connectivity index (χ1n) is 6.20. The summed E-state index contributed by atoms with van der Waals surface area (Å²) in [5.41, 5.74) is 6.20. The van der Waals surface area contributed by atoms with Gasteiger partial charge in [-0.25, -0.2) is 0 Å². The molecule has 0 radical (unpaired) electrons. The van der Waals surface area contributed by atoms with Gasteiger partial charge in [0.2, 0.25) is 6.79 Å². The van der Waals surface area contributed by atoms with Crippen molar-refractivity contribution in [3.63, 3.8) is 0 Å². The Labute approximate surface area is 105 Å². The van der Waals surface area contributed by atoms with Gasteiger partial charge in [0, 0.05) is 24.7 Å². The minimum absolute atomic E-state index is 0.0289. The molecule has 1 saturated carbocycles. The van der Waals surface area contributed by atoms with Crippen molar-refractivity contribution in [1.82, 2.24) is 4.90 Å². The minimum Gasteiger partial charge on any atom is -0.454 e. The van der Waals surface area contributed by atoms with E-state index in [0.29, 0.717) is 36.2 Å². The molecule has 0 unspecified atom stereocenters. The van der Waals surface area contributed by atoms with Gasteiger partial charge in [-0.3, -0.25) is 4.79 Å². The molecule has 0 bridgehead atoms. The molecule has 2 N–H and O–H groups in total. The van der Waals surface area contributed by atoms with Gasteiger partial charge >= 0.3 is 0 Å². The largest absolute Gasteiger partial charge is 0.454 e. The highest BCUT2D eigenvalue weighted by Crippen LogP contribution is 2.34. The van der Waals surface area contributed by atoms with Crippen LogP contribution in [-0.2, 0) is 0 Å². The summed E-state index contributed by atoms with van der Waals surface area (Å²) in [6.45, 7) is 1.33. The van der Waals surface area contributed by atoms with Crippen LogP contribution in [-0.4, -0.2) is 36.7 Å². The average molecular weight is 248 g/mol. The Kier molecular flexibility index (Phi) is 2.83. The molecule has 1 amide bonds. The molecule has 0 saturated heterocycles. The predicted octanol–water partition coefficient (Wildman–Crippen LogP) is 0.979. The lowest BCUT2D eigenvalue weighted by Crippen LogP contribution is -2.37. The molecular weight excluding hydrogens is 232 g/mol. The number of fused-ring (bicyclic) bond motifs is 1. The maximum absolute atomic E-state index is 12.4. The summed E-state index contributed by atoms with van der Waals surface area (Å²) in [6, 6.07) is 5.67. The van der Waals surface area contributed by atoms with Crippen molar-refractivity contribution in [2.75, 3.05) is 19.9 Å². The third-order valence-electron chi connectivity index (χ3n) is 3.24. The van der Waals surface area contributed by atoms with E-state index in [4.69, 9.17) is 15.2 Å². The fourth-order valence-corrected chi connectivity index (χ4v) is 2.17. The summed E-state index contributed by atoms with van der Waals surface area (Å²) < 4.78 is 10.5. The molecule has 3 rings (SSSR count). The second-order valence-electron chi connectivity index (χ2n) is 4.59. The van der Waals surface area contributed by atoms with Crippen molar-refractivity contribution >= 4 is 5.91 Å². The van der Waals surface area contributed by atoms with Crippen molar-refractivity contribution < 1.29 is 14.3 Å². The molecule has 5 nitrogen and oxygen atoms in total. The quantitative estimate of drug-likeness (QED) is 0.862. The average Bonchev–Trinajstić information content (AvgIpc) is 3.12. The Hall–Kier alpha value is -1.75. The highest BCUT2D eigenvalue weighted by atomic mass is 16.7. The molecule has 96 valence electrons. The van der Waals surface area contributed by atoms with Crippen LogP contribution in [0, 0.1) is 0 Å². The summed E-state index contributed by atoms with van der Waals surface area (Å²) in [6.07, 6.45) is 2.16. The third kappa shape index (κ3) is 2.01. The van der Waals surface area contributed by atoms with Gasteiger partial charge in [0.25, 0.3) is 5.91 Å². The summed E-state index contributed by atoms with van der Waals surface area (Å²) >= 11 is 0. The van der Waals surface area contributed by atoms with Crippen LogP contribution in [0.4, 0.5) is 0 Å². The summed E-state index contributed by atoms with van der Waals surface area (Å²) in [5, 5.41) is 0. The second kappa shape index (κ2) is 4.49. The van der Waals surface area contributed by atoms with Crippen LogP contribution in [0.1, 0.15) is 23.2 Å². The maximum atomic E-state index is 12.4. The van der Waals surface area contributed by atoms with Crippen LogP contribution in [0.5, 0.6) is 11.5 Å². The van der Waals surface area contributed by atoms with E-state index in [1.54, 1.807) is 18.2 Å². The smallest absolute Gasteiger partial charge is 0.254 e. The van der Waals surface area contributed by atoms with E-state index >= 15 is 0 Å². The number of benzene rings is 1. The number of nitrogens with two attached hydrogens (primary N) is 1. The van der Waals surface area contributed by atoms with Crippen molar-refractivity contribution in [3.05, 3.63) is 23.8 Å². The summed E-state index contributed by atoms with van der Waals surface area (Å²) in [5.74, 6) is 1.37. The highest BCUT2D eigenvalue weighted by Gasteiger charge is 2.32. The number of hydrogen-bond acceptors (Lipinski definition) is 4. The monoisotopic (exact) mass is 248 g/mol.